The van der Waals surface area contributed by atoms with Gasteiger partial charge in [0, 0.05) is 21.9 Å². The first-order valence-electron chi connectivity index (χ1n) is 15.0. The number of nitrogens with one attached hydrogen (secondary N) is 1. The highest BCUT2D eigenvalue weighted by atomic mass is 35.5. The van der Waals surface area contributed by atoms with Crippen LogP contribution >= 0.6 is 23.5 Å². The molecule has 236 valence electrons. The van der Waals surface area contributed by atoms with Gasteiger partial charge in [0.15, 0.2) is 0 Å². The van der Waals surface area contributed by atoms with E-state index in [-0.39, 0.29) is 23.1 Å². The fraction of sp³-hybridized carbons (Fsp3) is 0.324. The fourth-order valence-corrected chi connectivity index (χ4v) is 5.59. The lowest BCUT2D eigenvalue weighted by Gasteiger charge is -2.31. The minimum absolute atomic E-state index is 0.0527. The molecule has 0 spiro atoms. The van der Waals surface area contributed by atoms with Gasteiger partial charge in [-0.25, -0.2) is 0 Å². The van der Waals surface area contributed by atoms with E-state index >= 15 is 0 Å². The van der Waals surface area contributed by atoms with E-state index < -0.39 is 5.91 Å². The smallest absolute Gasteiger partial charge is 0.264 e. The Kier molecular flexibility index (Phi) is 15.5. The summed E-state index contributed by atoms with van der Waals surface area (Å²) in [6, 6.07) is 26.2. The second kappa shape index (κ2) is 18.5. The number of carbonyl (C=O) groups is 1. The average molecular weight is 634 g/mol. The van der Waals surface area contributed by atoms with E-state index in [0.29, 0.717) is 13.2 Å². The van der Waals surface area contributed by atoms with Crippen LogP contribution in [0.1, 0.15) is 64.2 Å². The number of carbonyl (C=O) groups excluding carboxylic acids is 1. The monoisotopic (exact) mass is 633 g/mol. The van der Waals surface area contributed by atoms with E-state index in [1.807, 2.05) is 56.3 Å². The van der Waals surface area contributed by atoms with E-state index in [1.165, 1.54) is 27.2 Å². The Balaban J connectivity index is 0.000000403. The fourth-order valence-electron chi connectivity index (χ4n) is 4.41. The molecule has 5 nitrogen and oxygen atoms in total. The van der Waals surface area contributed by atoms with Gasteiger partial charge >= 0.3 is 0 Å². The molecule has 44 heavy (non-hydrogen) atoms. The highest BCUT2D eigenvalue weighted by Gasteiger charge is 2.27. The normalized spacial score (nSPS) is 16.8. The maximum absolute atomic E-state index is 10.5. The molecule has 0 saturated carbocycles. The molecule has 0 bridgehead atoms. The highest BCUT2D eigenvalue weighted by molar-refractivity contribution is 7.97. The molecule has 1 amide bonds. The quantitative estimate of drug-likeness (QED) is 0.137. The topological polar surface area (TPSA) is 90.4 Å². The van der Waals surface area contributed by atoms with Crippen LogP contribution in [-0.4, -0.2) is 25.2 Å². The summed E-state index contributed by atoms with van der Waals surface area (Å²) in [5.41, 5.74) is 16.4. The summed E-state index contributed by atoms with van der Waals surface area (Å²) in [4.78, 5) is 11.8. The molecule has 2 atom stereocenters. The predicted molar refractivity (Wildman–Crippen MR) is 189 cm³/mol. The first-order valence-corrected chi connectivity index (χ1v) is 16.2. The third-order valence-electron chi connectivity index (χ3n) is 6.93. The van der Waals surface area contributed by atoms with E-state index in [1.54, 1.807) is 18.0 Å². The molecule has 0 fully saturated rings. The molecular formula is C37H48ClN3O2S. The Morgan fingerprint density at radius 1 is 0.977 bits per heavy atom. The van der Waals surface area contributed by atoms with Gasteiger partial charge in [-0.1, -0.05) is 125 Å². The number of hydrogen-bond acceptors (Lipinski definition) is 5. The number of halogens is 1. The Morgan fingerprint density at radius 3 is 2.18 bits per heavy atom. The number of aryl methyl sites for hydroxylation is 1. The standard InChI is InChI=1S/C26H32ClNOS.C9H10N2O.C2H6/c1-18-8-6-7-9-23(18)30-28-24(26(3,4)5)16-21-17-29-15-14-19(2)25(21)20-10-12-22(27)13-11-20;10-8(9(11)12)6-7-4-2-1-3-5-7;1-2/h6-14,16,24-25,28H,15,17H2,1-5H3;1-6H,10H2,(H2,11,12);1-2H3/b21-16-;8-6+;/t24?,25-;;/m1../s1. The van der Waals surface area contributed by atoms with Gasteiger partial charge in [-0.15, -0.1) is 0 Å². The van der Waals surface area contributed by atoms with Crippen LogP contribution in [0.5, 0.6) is 0 Å². The molecule has 0 saturated heterocycles. The third-order valence-corrected chi connectivity index (χ3v) is 8.23. The zero-order valence-electron chi connectivity index (χ0n) is 27.1. The minimum Gasteiger partial charge on any atom is -0.394 e. The van der Waals surface area contributed by atoms with Crippen molar-refractivity contribution in [3.05, 3.63) is 130 Å². The predicted octanol–water partition coefficient (Wildman–Crippen LogP) is 8.84. The Morgan fingerprint density at radius 2 is 1.59 bits per heavy atom. The summed E-state index contributed by atoms with van der Waals surface area (Å²) in [6.45, 7) is 16.5. The number of ether oxygens (including phenoxy) is 1. The van der Waals surface area contributed by atoms with Gasteiger partial charge in [0.05, 0.1) is 18.9 Å². The van der Waals surface area contributed by atoms with Crippen LogP contribution in [0.25, 0.3) is 6.08 Å². The van der Waals surface area contributed by atoms with Gasteiger partial charge in [-0.3, -0.25) is 9.52 Å². The van der Waals surface area contributed by atoms with Gasteiger partial charge in [0.1, 0.15) is 0 Å². The Bertz CT molecular complexity index is 1410. The van der Waals surface area contributed by atoms with Crippen molar-refractivity contribution in [1.29, 1.82) is 0 Å². The summed E-state index contributed by atoms with van der Waals surface area (Å²) in [5.74, 6) is -0.390. The number of rotatable bonds is 7. The summed E-state index contributed by atoms with van der Waals surface area (Å²) in [7, 11) is 0. The molecule has 1 aliphatic rings. The van der Waals surface area contributed by atoms with Crippen LogP contribution in [-0.2, 0) is 9.53 Å². The molecular weight excluding hydrogens is 586 g/mol. The van der Waals surface area contributed by atoms with E-state index in [4.69, 9.17) is 27.8 Å². The zero-order valence-corrected chi connectivity index (χ0v) is 28.6. The van der Waals surface area contributed by atoms with E-state index in [9.17, 15) is 4.79 Å². The molecule has 0 aromatic heterocycles. The molecule has 1 heterocycles. The van der Waals surface area contributed by atoms with Gasteiger partial charge in [0.2, 0.25) is 0 Å². The number of benzene rings is 3. The van der Waals surface area contributed by atoms with Gasteiger partial charge in [-0.2, -0.15) is 0 Å². The van der Waals surface area contributed by atoms with Crippen LogP contribution in [0, 0.1) is 12.3 Å². The molecule has 1 aliphatic heterocycles. The summed E-state index contributed by atoms with van der Waals surface area (Å²) in [5, 5.41) is 0.764. The second-order valence-electron chi connectivity index (χ2n) is 11.4. The third kappa shape index (κ3) is 12.0. The number of amides is 1. The maximum atomic E-state index is 10.5. The number of hydrogen-bond donors (Lipinski definition) is 3. The molecule has 0 radical (unpaired) electrons. The number of allylic oxidation sites excluding steroid dienone is 1. The molecule has 3 aromatic rings. The number of primary amides is 1. The molecule has 5 N–H and O–H groups in total. The lowest BCUT2D eigenvalue weighted by Crippen LogP contribution is -2.35. The summed E-state index contributed by atoms with van der Waals surface area (Å²) in [6.07, 6.45) is 6.12. The molecule has 4 rings (SSSR count). The van der Waals surface area contributed by atoms with Crippen molar-refractivity contribution < 1.29 is 9.53 Å². The van der Waals surface area contributed by atoms with Gasteiger partial charge < -0.3 is 16.2 Å². The van der Waals surface area contributed by atoms with Crippen LogP contribution in [0.4, 0.5) is 0 Å². The minimum atomic E-state index is -0.598. The average Bonchev–Trinajstić information content (AvgIpc) is 3.18. The molecule has 7 heteroatoms. The van der Waals surface area contributed by atoms with Crippen molar-refractivity contribution in [2.75, 3.05) is 13.2 Å². The zero-order chi connectivity index (χ0) is 32.7. The van der Waals surface area contributed by atoms with Crippen molar-refractivity contribution in [3.63, 3.8) is 0 Å². The first kappa shape index (κ1) is 36.9. The highest BCUT2D eigenvalue weighted by Crippen LogP contribution is 2.36. The Labute approximate surface area is 273 Å². The molecule has 0 aliphatic carbocycles. The largest absolute Gasteiger partial charge is 0.394 e. The van der Waals surface area contributed by atoms with Crippen molar-refractivity contribution >= 4 is 35.5 Å². The van der Waals surface area contributed by atoms with Crippen molar-refractivity contribution in [1.82, 2.24) is 4.72 Å². The SMILES string of the molecule is CC.CC1=CCOC/C(=C/C(NSc2ccccc2C)C(C)(C)C)[C@H]1c1ccc(Cl)cc1.NC(=O)/C(N)=C\c1ccccc1. The van der Waals surface area contributed by atoms with Crippen LogP contribution in [0.2, 0.25) is 5.02 Å². The van der Waals surface area contributed by atoms with E-state index in [2.05, 4.69) is 87.9 Å². The van der Waals surface area contributed by atoms with Crippen LogP contribution < -0.4 is 16.2 Å². The van der Waals surface area contributed by atoms with Crippen molar-refractivity contribution in [2.24, 2.45) is 16.9 Å². The lowest BCUT2D eigenvalue weighted by molar-refractivity contribution is -0.114. The van der Waals surface area contributed by atoms with Crippen molar-refractivity contribution in [2.45, 2.75) is 65.3 Å². The van der Waals surface area contributed by atoms with Crippen molar-refractivity contribution in [3.8, 4) is 0 Å². The van der Waals surface area contributed by atoms with Gasteiger partial charge in [-0.05, 0) is 77.7 Å². The van der Waals surface area contributed by atoms with E-state index in [0.717, 1.165) is 10.6 Å². The molecule has 1 unspecified atom stereocenters. The van der Waals surface area contributed by atoms with Crippen LogP contribution in [0.3, 0.4) is 0 Å². The second-order valence-corrected chi connectivity index (χ2v) is 12.7. The first-order chi connectivity index (χ1) is 21.0. The van der Waals surface area contributed by atoms with Gasteiger partial charge in [0.25, 0.3) is 5.91 Å². The summed E-state index contributed by atoms with van der Waals surface area (Å²) < 4.78 is 9.67. The lowest BCUT2D eigenvalue weighted by atomic mass is 9.81. The Hall–Kier alpha value is -3.29. The molecule has 3 aromatic carbocycles. The van der Waals surface area contributed by atoms with Crippen LogP contribution in [0.15, 0.2) is 113 Å². The summed E-state index contributed by atoms with van der Waals surface area (Å²) >= 11 is 7.85. The number of nitrogens with two attached hydrogens (primary N) is 2. The maximum Gasteiger partial charge on any atom is 0.264 e.